The molecule has 2 nitrogen and oxygen atoms in total. The van der Waals surface area contributed by atoms with Crippen LogP contribution in [-0.2, 0) is 4.79 Å². The molecule has 0 amide bonds. The molecule has 0 saturated heterocycles. The van der Waals surface area contributed by atoms with E-state index in [0.717, 1.165) is 0 Å². The van der Waals surface area contributed by atoms with Crippen LogP contribution in [0.3, 0.4) is 0 Å². The fourth-order valence-electron chi connectivity index (χ4n) is 2.64. The van der Waals surface area contributed by atoms with Gasteiger partial charge in [0.15, 0.2) is 0 Å². The number of carbonyl (C=O) groups is 1. The second-order valence-electron chi connectivity index (χ2n) is 4.91. The third-order valence-corrected chi connectivity index (χ3v) is 3.60. The molecule has 1 aliphatic carbocycles. The fraction of sp³-hybridized carbons (Fsp3) is 0.462. The van der Waals surface area contributed by atoms with E-state index in [9.17, 15) is 4.79 Å². The van der Waals surface area contributed by atoms with Crippen molar-refractivity contribution in [3.05, 3.63) is 35.9 Å². The summed E-state index contributed by atoms with van der Waals surface area (Å²) in [5.74, 6) is 0.0127. The number of benzene rings is 1. The van der Waals surface area contributed by atoms with Gasteiger partial charge in [-0.2, -0.15) is 0 Å². The molecule has 0 bridgehead atoms. The maximum absolute atomic E-state index is 10.7. The molecule has 1 aromatic carbocycles. The Morgan fingerprint density at radius 2 is 1.93 bits per heavy atom. The lowest BCUT2D eigenvalue weighted by atomic mass is 10.0. The second kappa shape index (κ2) is 3.37. The summed E-state index contributed by atoms with van der Waals surface area (Å²) in [5.41, 5.74) is 1.41. The highest BCUT2D eigenvalue weighted by Crippen LogP contribution is 2.65. The van der Waals surface area contributed by atoms with Crippen molar-refractivity contribution in [2.24, 2.45) is 11.3 Å². The Morgan fingerprint density at radius 3 is 2.47 bits per heavy atom. The van der Waals surface area contributed by atoms with Gasteiger partial charge in [-0.3, -0.25) is 4.79 Å². The maximum atomic E-state index is 10.7. The van der Waals surface area contributed by atoms with Crippen LogP contribution in [0.5, 0.6) is 0 Å². The SMILES string of the molecule is CC1(C)C(CC(=O)O)C1c1ccccc1. The molecule has 0 aromatic heterocycles. The number of hydrogen-bond donors (Lipinski definition) is 1. The summed E-state index contributed by atoms with van der Waals surface area (Å²) in [6, 6.07) is 10.2. The van der Waals surface area contributed by atoms with Crippen molar-refractivity contribution in [1.82, 2.24) is 0 Å². The topological polar surface area (TPSA) is 37.3 Å². The lowest BCUT2D eigenvalue weighted by Gasteiger charge is -2.01. The van der Waals surface area contributed by atoms with Crippen LogP contribution in [0.2, 0.25) is 0 Å². The average molecular weight is 204 g/mol. The van der Waals surface area contributed by atoms with E-state index >= 15 is 0 Å². The summed E-state index contributed by atoms with van der Waals surface area (Å²) in [5, 5.41) is 8.82. The molecular formula is C13H16O2. The van der Waals surface area contributed by atoms with Crippen LogP contribution in [0.1, 0.15) is 31.7 Å². The maximum Gasteiger partial charge on any atom is 0.303 e. The zero-order valence-electron chi connectivity index (χ0n) is 9.10. The summed E-state index contributed by atoms with van der Waals surface area (Å²) in [7, 11) is 0. The molecule has 0 heterocycles. The summed E-state index contributed by atoms with van der Waals surface area (Å²) >= 11 is 0. The Hall–Kier alpha value is -1.31. The molecule has 1 fully saturated rings. The lowest BCUT2D eigenvalue weighted by Crippen LogP contribution is -1.99. The van der Waals surface area contributed by atoms with E-state index in [1.807, 2.05) is 18.2 Å². The zero-order chi connectivity index (χ0) is 11.1. The summed E-state index contributed by atoms with van der Waals surface area (Å²) in [6.07, 6.45) is 0.284. The first-order valence-corrected chi connectivity index (χ1v) is 5.30. The molecule has 2 atom stereocenters. The van der Waals surface area contributed by atoms with E-state index in [4.69, 9.17) is 5.11 Å². The molecule has 1 saturated carbocycles. The first kappa shape index (κ1) is 10.2. The smallest absolute Gasteiger partial charge is 0.303 e. The molecule has 15 heavy (non-hydrogen) atoms. The monoisotopic (exact) mass is 204 g/mol. The first-order chi connectivity index (χ1) is 7.03. The second-order valence-corrected chi connectivity index (χ2v) is 4.91. The van der Waals surface area contributed by atoms with Gasteiger partial charge in [0.2, 0.25) is 0 Å². The number of rotatable bonds is 3. The van der Waals surface area contributed by atoms with E-state index in [2.05, 4.69) is 26.0 Å². The Bertz CT molecular complexity index is 367. The minimum atomic E-state index is -0.688. The highest BCUT2D eigenvalue weighted by atomic mass is 16.4. The largest absolute Gasteiger partial charge is 0.481 e. The number of carboxylic acids is 1. The summed E-state index contributed by atoms with van der Waals surface area (Å²) in [4.78, 5) is 10.7. The van der Waals surface area contributed by atoms with Gasteiger partial charge in [0.05, 0.1) is 0 Å². The van der Waals surface area contributed by atoms with Crippen LogP contribution in [0.4, 0.5) is 0 Å². The van der Waals surface area contributed by atoms with Gasteiger partial charge in [-0.25, -0.2) is 0 Å². The van der Waals surface area contributed by atoms with Gasteiger partial charge >= 0.3 is 5.97 Å². The third kappa shape index (κ3) is 1.76. The predicted octanol–water partition coefficient (Wildman–Crippen LogP) is 2.90. The van der Waals surface area contributed by atoms with E-state index in [1.165, 1.54) is 5.56 Å². The summed E-state index contributed by atoms with van der Waals surface area (Å²) in [6.45, 7) is 4.30. The number of hydrogen-bond acceptors (Lipinski definition) is 1. The van der Waals surface area contributed by atoms with Crippen LogP contribution >= 0.6 is 0 Å². The molecule has 2 rings (SSSR count). The molecule has 1 N–H and O–H groups in total. The van der Waals surface area contributed by atoms with Crippen molar-refractivity contribution in [1.29, 1.82) is 0 Å². The van der Waals surface area contributed by atoms with Crippen molar-refractivity contribution in [2.45, 2.75) is 26.2 Å². The Labute approximate surface area is 89.9 Å². The number of aliphatic carboxylic acids is 1. The normalized spacial score (nSPS) is 27.3. The molecule has 1 aromatic rings. The average Bonchev–Trinajstić information content (AvgIpc) is 2.68. The van der Waals surface area contributed by atoms with Gasteiger partial charge in [0.25, 0.3) is 0 Å². The Kier molecular flexibility index (Phi) is 2.29. The predicted molar refractivity (Wildman–Crippen MR) is 58.7 cm³/mol. The van der Waals surface area contributed by atoms with Gasteiger partial charge in [-0.05, 0) is 22.8 Å². The van der Waals surface area contributed by atoms with Gasteiger partial charge in [0.1, 0.15) is 0 Å². The van der Waals surface area contributed by atoms with Crippen molar-refractivity contribution in [3.8, 4) is 0 Å². The molecular weight excluding hydrogens is 188 g/mol. The van der Waals surface area contributed by atoms with E-state index in [-0.39, 0.29) is 17.8 Å². The van der Waals surface area contributed by atoms with Crippen molar-refractivity contribution < 1.29 is 9.90 Å². The van der Waals surface area contributed by atoms with E-state index in [0.29, 0.717) is 5.92 Å². The van der Waals surface area contributed by atoms with Crippen LogP contribution in [0.15, 0.2) is 30.3 Å². The molecule has 0 radical (unpaired) electrons. The minimum Gasteiger partial charge on any atom is -0.481 e. The van der Waals surface area contributed by atoms with Crippen LogP contribution in [0, 0.1) is 11.3 Å². The van der Waals surface area contributed by atoms with Gasteiger partial charge < -0.3 is 5.11 Å². The zero-order valence-corrected chi connectivity index (χ0v) is 9.10. The van der Waals surface area contributed by atoms with Gasteiger partial charge in [-0.1, -0.05) is 44.2 Å². The van der Waals surface area contributed by atoms with Crippen LogP contribution < -0.4 is 0 Å². The molecule has 1 aliphatic rings. The highest BCUT2D eigenvalue weighted by Gasteiger charge is 2.58. The van der Waals surface area contributed by atoms with Crippen molar-refractivity contribution in [2.75, 3.05) is 0 Å². The quantitative estimate of drug-likeness (QED) is 0.822. The van der Waals surface area contributed by atoms with Crippen LogP contribution in [-0.4, -0.2) is 11.1 Å². The summed E-state index contributed by atoms with van der Waals surface area (Å²) < 4.78 is 0. The Morgan fingerprint density at radius 1 is 1.33 bits per heavy atom. The highest BCUT2D eigenvalue weighted by molar-refractivity contribution is 5.68. The molecule has 2 heteroatoms. The molecule has 0 aliphatic heterocycles. The third-order valence-electron chi connectivity index (χ3n) is 3.60. The fourth-order valence-corrected chi connectivity index (χ4v) is 2.64. The Balaban J connectivity index is 2.16. The van der Waals surface area contributed by atoms with Crippen LogP contribution in [0.25, 0.3) is 0 Å². The molecule has 2 unspecified atom stereocenters. The van der Waals surface area contributed by atoms with Crippen molar-refractivity contribution in [3.63, 3.8) is 0 Å². The van der Waals surface area contributed by atoms with Crippen molar-refractivity contribution >= 4 is 5.97 Å². The van der Waals surface area contributed by atoms with Gasteiger partial charge in [-0.15, -0.1) is 0 Å². The molecule has 0 spiro atoms. The first-order valence-electron chi connectivity index (χ1n) is 5.30. The molecule has 80 valence electrons. The van der Waals surface area contributed by atoms with E-state index < -0.39 is 5.97 Å². The van der Waals surface area contributed by atoms with E-state index in [1.54, 1.807) is 0 Å². The standard InChI is InChI=1S/C13H16O2/c1-13(2)10(8-11(14)15)12(13)9-6-4-3-5-7-9/h3-7,10,12H,8H2,1-2H3,(H,14,15). The lowest BCUT2D eigenvalue weighted by molar-refractivity contribution is -0.137. The van der Waals surface area contributed by atoms with Gasteiger partial charge in [0, 0.05) is 6.42 Å². The number of carboxylic acid groups (broad SMARTS) is 1. The minimum absolute atomic E-state index is 0.139.